The molecule has 0 amide bonds. The first-order chi connectivity index (χ1) is 17.4. The Kier molecular flexibility index (Phi) is 6.35. The van der Waals surface area contributed by atoms with Crippen molar-refractivity contribution in [2.75, 3.05) is 61.8 Å². The number of benzene rings is 2. The van der Waals surface area contributed by atoms with Gasteiger partial charge in [-0.05, 0) is 24.3 Å². The van der Waals surface area contributed by atoms with Crippen molar-refractivity contribution in [1.29, 1.82) is 5.26 Å². The monoisotopic (exact) mass is 489 g/mol. The van der Waals surface area contributed by atoms with Gasteiger partial charge >= 0.3 is 0 Å². The molecule has 36 heavy (non-hydrogen) atoms. The van der Waals surface area contributed by atoms with Gasteiger partial charge in [0.2, 0.25) is 5.95 Å². The van der Waals surface area contributed by atoms with Crippen molar-refractivity contribution in [3.05, 3.63) is 65.7 Å². The Hall–Kier alpha value is -4.30. The molecule has 0 atom stereocenters. The fourth-order valence-electron chi connectivity index (χ4n) is 4.30. The predicted molar refractivity (Wildman–Crippen MR) is 134 cm³/mol. The Morgan fingerprint density at radius 1 is 1.06 bits per heavy atom. The van der Waals surface area contributed by atoms with Gasteiger partial charge in [0, 0.05) is 64.0 Å². The van der Waals surface area contributed by atoms with Crippen LogP contribution in [0.2, 0.25) is 0 Å². The maximum absolute atomic E-state index is 14.1. The summed E-state index contributed by atoms with van der Waals surface area (Å²) in [4.78, 5) is 15.3. The molecule has 0 saturated carbocycles. The van der Waals surface area contributed by atoms with Crippen molar-refractivity contribution in [1.82, 2.24) is 24.5 Å². The molecule has 5 rings (SSSR count). The zero-order chi connectivity index (χ0) is 25.2. The van der Waals surface area contributed by atoms with E-state index in [1.165, 1.54) is 16.6 Å². The molecule has 11 heteroatoms. The van der Waals surface area contributed by atoms with Crippen LogP contribution in [0.15, 0.2) is 48.5 Å². The van der Waals surface area contributed by atoms with Gasteiger partial charge in [-0.1, -0.05) is 12.1 Å². The summed E-state index contributed by atoms with van der Waals surface area (Å²) >= 11 is 0. The number of halogens is 2. The highest BCUT2D eigenvalue weighted by molar-refractivity contribution is 5.63. The van der Waals surface area contributed by atoms with Crippen molar-refractivity contribution < 1.29 is 8.78 Å². The number of anilines is 3. The average Bonchev–Trinajstić information content (AvgIpc) is 3.33. The highest BCUT2D eigenvalue weighted by Crippen LogP contribution is 2.23. The number of fused-ring (bicyclic) bond motifs is 1. The maximum Gasteiger partial charge on any atom is 0.225 e. The maximum atomic E-state index is 14.1. The van der Waals surface area contributed by atoms with Crippen LogP contribution >= 0.6 is 0 Å². The molecule has 9 nitrogen and oxygen atoms in total. The third kappa shape index (κ3) is 4.76. The average molecular weight is 490 g/mol. The number of likely N-dealkylation sites (N-methyl/N-ethyl adjacent to an activating group) is 1. The number of nitrogen functional groups attached to an aromatic ring is 1. The third-order valence-corrected chi connectivity index (χ3v) is 6.35. The molecular formula is C25H25F2N9. The standard InChI is InChI=1S/C25H25F2N9/c1-33(7-8-34-9-11-35(12-10-34)21-6-5-19(26)14-20(21)27)22-15-23-30-24(32-36(23)25(29)31-22)18-4-2-3-17(13-18)16-28/h2-6,13-15H,7-12H2,1H3,(H2,29,31). The van der Waals surface area contributed by atoms with Crippen LogP contribution in [0, 0.1) is 23.0 Å². The fourth-order valence-corrected chi connectivity index (χ4v) is 4.30. The summed E-state index contributed by atoms with van der Waals surface area (Å²) in [6.45, 7) is 4.38. The molecule has 1 fully saturated rings. The van der Waals surface area contributed by atoms with E-state index in [9.17, 15) is 8.78 Å². The minimum Gasteiger partial charge on any atom is -0.368 e. The lowest BCUT2D eigenvalue weighted by Crippen LogP contribution is -2.48. The quantitative estimate of drug-likeness (QED) is 0.441. The summed E-state index contributed by atoms with van der Waals surface area (Å²) in [5.74, 6) is 0.268. The number of piperazine rings is 1. The largest absolute Gasteiger partial charge is 0.368 e. The van der Waals surface area contributed by atoms with Crippen LogP contribution in [0.3, 0.4) is 0 Å². The van der Waals surface area contributed by atoms with Gasteiger partial charge in [0.15, 0.2) is 11.5 Å². The first-order valence-electron chi connectivity index (χ1n) is 11.6. The van der Waals surface area contributed by atoms with Gasteiger partial charge in [0.05, 0.1) is 17.3 Å². The molecule has 4 aromatic rings. The molecular weight excluding hydrogens is 464 g/mol. The van der Waals surface area contributed by atoms with E-state index in [2.05, 4.69) is 26.0 Å². The summed E-state index contributed by atoms with van der Waals surface area (Å²) in [7, 11) is 1.94. The van der Waals surface area contributed by atoms with E-state index in [1.807, 2.05) is 29.0 Å². The molecule has 2 aromatic carbocycles. The lowest BCUT2D eigenvalue weighted by atomic mass is 10.1. The third-order valence-electron chi connectivity index (χ3n) is 6.35. The van der Waals surface area contributed by atoms with Crippen LogP contribution in [-0.4, -0.2) is 70.8 Å². The van der Waals surface area contributed by atoms with Crippen molar-refractivity contribution in [3.63, 3.8) is 0 Å². The summed E-state index contributed by atoms with van der Waals surface area (Å²) in [6.07, 6.45) is 0. The number of aromatic nitrogens is 4. The van der Waals surface area contributed by atoms with Crippen LogP contribution in [0.5, 0.6) is 0 Å². The van der Waals surface area contributed by atoms with Gasteiger partial charge in [0.25, 0.3) is 0 Å². The van der Waals surface area contributed by atoms with Gasteiger partial charge in [-0.15, -0.1) is 5.10 Å². The summed E-state index contributed by atoms with van der Waals surface area (Å²) in [6, 6.07) is 14.7. The van der Waals surface area contributed by atoms with E-state index >= 15 is 0 Å². The van der Waals surface area contributed by atoms with Gasteiger partial charge in [0.1, 0.15) is 17.5 Å². The number of hydrogen-bond acceptors (Lipinski definition) is 8. The molecule has 0 unspecified atom stereocenters. The zero-order valence-electron chi connectivity index (χ0n) is 19.8. The van der Waals surface area contributed by atoms with Crippen molar-refractivity contribution in [2.24, 2.45) is 0 Å². The molecule has 0 bridgehead atoms. The van der Waals surface area contributed by atoms with Crippen LogP contribution < -0.4 is 15.5 Å². The van der Waals surface area contributed by atoms with Crippen molar-refractivity contribution >= 4 is 23.1 Å². The second-order valence-corrected chi connectivity index (χ2v) is 8.72. The predicted octanol–water partition coefficient (Wildman–Crippen LogP) is 2.78. The van der Waals surface area contributed by atoms with Crippen LogP contribution in [0.25, 0.3) is 17.0 Å². The summed E-state index contributed by atoms with van der Waals surface area (Å²) < 4.78 is 28.8. The van der Waals surface area contributed by atoms with E-state index in [4.69, 9.17) is 11.0 Å². The normalized spacial score (nSPS) is 14.2. The molecule has 1 saturated heterocycles. The van der Waals surface area contributed by atoms with Gasteiger partial charge in [-0.3, -0.25) is 4.90 Å². The lowest BCUT2D eigenvalue weighted by molar-refractivity contribution is 0.263. The van der Waals surface area contributed by atoms with Crippen molar-refractivity contribution in [2.45, 2.75) is 0 Å². The first kappa shape index (κ1) is 23.4. The van der Waals surface area contributed by atoms with E-state index in [-0.39, 0.29) is 5.95 Å². The fraction of sp³-hybridized carbons (Fsp3) is 0.280. The zero-order valence-corrected chi connectivity index (χ0v) is 19.8. The Morgan fingerprint density at radius 3 is 2.61 bits per heavy atom. The molecule has 0 radical (unpaired) electrons. The number of hydrogen-bond donors (Lipinski definition) is 1. The van der Waals surface area contributed by atoms with Gasteiger partial charge in [-0.25, -0.2) is 13.8 Å². The topological polar surface area (TPSA) is 103 Å². The second kappa shape index (κ2) is 9.75. The minimum atomic E-state index is -0.569. The Balaban J connectivity index is 1.22. The highest BCUT2D eigenvalue weighted by Gasteiger charge is 2.20. The van der Waals surface area contributed by atoms with Crippen molar-refractivity contribution in [3.8, 4) is 17.5 Å². The smallest absolute Gasteiger partial charge is 0.225 e. The minimum absolute atomic E-state index is 0.222. The molecule has 2 aromatic heterocycles. The number of nitrogens with zero attached hydrogens (tertiary/aromatic N) is 8. The lowest BCUT2D eigenvalue weighted by Gasteiger charge is -2.36. The Labute approximate surface area is 207 Å². The number of nitriles is 1. The molecule has 3 heterocycles. The summed E-state index contributed by atoms with van der Waals surface area (Å²) in [5.41, 5.74) is 8.44. The number of nitrogens with two attached hydrogens (primary N) is 1. The molecule has 0 aliphatic carbocycles. The second-order valence-electron chi connectivity index (χ2n) is 8.72. The first-order valence-corrected chi connectivity index (χ1v) is 11.6. The van der Waals surface area contributed by atoms with Crippen LogP contribution in [0.1, 0.15) is 5.56 Å². The van der Waals surface area contributed by atoms with Crippen LogP contribution in [-0.2, 0) is 0 Å². The van der Waals surface area contributed by atoms with Gasteiger partial charge < -0.3 is 15.5 Å². The van der Waals surface area contributed by atoms with E-state index < -0.39 is 11.6 Å². The molecule has 184 valence electrons. The van der Waals surface area contributed by atoms with E-state index in [1.54, 1.807) is 18.2 Å². The van der Waals surface area contributed by atoms with E-state index in [0.29, 0.717) is 48.2 Å². The van der Waals surface area contributed by atoms with Crippen LogP contribution in [0.4, 0.5) is 26.2 Å². The summed E-state index contributed by atoms with van der Waals surface area (Å²) in [5, 5.41) is 13.6. The SMILES string of the molecule is CN(CCN1CCN(c2ccc(F)cc2F)CC1)c1cc2nc(-c3cccc(C#N)c3)nn2c(N)n1. The highest BCUT2D eigenvalue weighted by atomic mass is 19.1. The Morgan fingerprint density at radius 2 is 1.86 bits per heavy atom. The molecule has 2 N–H and O–H groups in total. The molecule has 1 aliphatic rings. The number of rotatable bonds is 6. The van der Waals surface area contributed by atoms with Gasteiger partial charge in [-0.2, -0.15) is 14.8 Å². The van der Waals surface area contributed by atoms with E-state index in [0.717, 1.165) is 31.3 Å². The molecule has 1 aliphatic heterocycles. The Bertz CT molecular complexity index is 1440. The molecule has 0 spiro atoms.